The molecule has 1 heterocycles. The van der Waals surface area contributed by atoms with E-state index in [1.807, 2.05) is 12.1 Å². The fraction of sp³-hybridized carbons (Fsp3) is 0.773. The second-order valence-electron chi connectivity index (χ2n) is 20.1. The van der Waals surface area contributed by atoms with Crippen LogP contribution in [0.3, 0.4) is 0 Å². The number of allylic oxidation sites excluding steroid dienone is 2. The van der Waals surface area contributed by atoms with Crippen molar-refractivity contribution in [3.63, 3.8) is 0 Å². The molecular weight excluding hydrogens is 620 g/mol. The first kappa shape index (κ1) is 34.7. The number of likely N-dealkylation sites (tertiary alicyclic amines) is 1. The minimum absolute atomic E-state index is 0.00554. The number of fused-ring (bicyclic) bond motifs is 7. The Hall–Kier alpha value is -2.34. The molecular formula is C44H64N2O4. The van der Waals surface area contributed by atoms with Gasteiger partial charge in [0.25, 0.3) is 0 Å². The van der Waals surface area contributed by atoms with Crippen LogP contribution in [0.2, 0.25) is 0 Å². The molecule has 2 unspecified atom stereocenters. The standard InChI is InChI=1S/C44H64N2O4/c1-39(2)31(29-7-9-30(10-8-29)37(48)49)13-18-41(4)34(39)15-19-43(6)35(41)12-11-33-36-32(40(3)21-22-40)14-20-44(36,24-23-42(33,43)5)45-38(50)46-25-16-28(27-47)17-26-46/h7-10,13,28,32-36,47H,11-12,14-27H2,1-6H3,(H,45,50)(H,48,49)/t32-,33-,34+,35?,36?,41+,42-,43-,44+/m1/s1. The quantitative estimate of drug-likeness (QED) is 0.288. The Morgan fingerprint density at radius 1 is 0.780 bits per heavy atom. The number of carbonyl (C=O) groups is 2. The van der Waals surface area contributed by atoms with Crippen molar-refractivity contribution in [3.8, 4) is 0 Å². The molecule has 5 saturated carbocycles. The van der Waals surface area contributed by atoms with Crippen LogP contribution in [0.4, 0.5) is 4.79 Å². The summed E-state index contributed by atoms with van der Waals surface area (Å²) in [6.07, 6.45) is 17.9. The number of aromatic carboxylic acids is 1. The number of benzene rings is 1. The molecule has 3 N–H and O–H groups in total. The molecule has 0 spiro atoms. The molecule has 8 rings (SSSR count). The van der Waals surface area contributed by atoms with Crippen LogP contribution in [-0.4, -0.2) is 52.3 Å². The van der Waals surface area contributed by atoms with Gasteiger partial charge >= 0.3 is 12.0 Å². The minimum Gasteiger partial charge on any atom is -0.478 e. The normalized spacial score (nSPS) is 43.1. The second kappa shape index (κ2) is 11.6. The van der Waals surface area contributed by atoms with Crippen molar-refractivity contribution < 1.29 is 19.8 Å². The van der Waals surface area contributed by atoms with Crippen LogP contribution in [0.1, 0.15) is 141 Å². The third-order valence-electron chi connectivity index (χ3n) is 17.9. The molecule has 0 bridgehead atoms. The molecule has 1 aromatic carbocycles. The van der Waals surface area contributed by atoms with Gasteiger partial charge in [0.2, 0.25) is 0 Å². The van der Waals surface area contributed by atoms with Crippen LogP contribution in [0, 0.1) is 62.6 Å². The highest BCUT2D eigenvalue weighted by Crippen LogP contribution is 2.78. The Bertz CT molecular complexity index is 1550. The topological polar surface area (TPSA) is 89.9 Å². The van der Waals surface area contributed by atoms with Gasteiger partial charge in [0.05, 0.1) is 5.56 Å². The lowest BCUT2D eigenvalue weighted by Crippen LogP contribution is -2.69. The maximum atomic E-state index is 14.1. The van der Waals surface area contributed by atoms with Gasteiger partial charge in [-0.15, -0.1) is 0 Å². The molecule has 0 aromatic heterocycles. The third-order valence-corrected chi connectivity index (χ3v) is 17.9. The number of aliphatic hydroxyl groups excluding tert-OH is 1. The average molecular weight is 685 g/mol. The van der Waals surface area contributed by atoms with Gasteiger partial charge in [-0.05, 0) is 169 Å². The number of aliphatic hydroxyl groups is 1. The smallest absolute Gasteiger partial charge is 0.335 e. The van der Waals surface area contributed by atoms with E-state index in [2.05, 4.69) is 57.8 Å². The first-order valence-electron chi connectivity index (χ1n) is 20.3. The summed E-state index contributed by atoms with van der Waals surface area (Å²) in [7, 11) is 0. The maximum Gasteiger partial charge on any atom is 0.335 e. The SMILES string of the molecule is CC1([C@@H]2CC[C@]3(NC(=O)N4CCC(CO)CC4)CC[C@]4(C)[C@H](CCC5[C@@]6(C)CC=C(c7ccc(C(=O)O)cc7)C(C)(C)[C@@H]6CC[C@]54C)C23)CC1. The monoisotopic (exact) mass is 684 g/mol. The lowest BCUT2D eigenvalue weighted by molar-refractivity contribution is -0.221. The molecule has 1 aromatic rings. The van der Waals surface area contributed by atoms with E-state index in [1.54, 1.807) is 12.1 Å². The van der Waals surface area contributed by atoms with Gasteiger partial charge in [0, 0.05) is 25.2 Å². The van der Waals surface area contributed by atoms with E-state index in [4.69, 9.17) is 0 Å². The van der Waals surface area contributed by atoms with Gasteiger partial charge in [-0.2, -0.15) is 0 Å². The van der Waals surface area contributed by atoms with E-state index >= 15 is 0 Å². The molecule has 0 radical (unpaired) electrons. The molecule has 6 nitrogen and oxygen atoms in total. The van der Waals surface area contributed by atoms with Crippen molar-refractivity contribution in [2.75, 3.05) is 19.7 Å². The Balaban J connectivity index is 1.09. The van der Waals surface area contributed by atoms with Crippen LogP contribution >= 0.6 is 0 Å². The Morgan fingerprint density at radius 3 is 2.12 bits per heavy atom. The minimum atomic E-state index is -0.867. The first-order chi connectivity index (χ1) is 23.6. The number of carboxylic acids is 1. The number of carbonyl (C=O) groups excluding carboxylic acids is 1. The molecule has 9 atom stereocenters. The predicted octanol–water partition coefficient (Wildman–Crippen LogP) is 9.43. The van der Waals surface area contributed by atoms with E-state index in [9.17, 15) is 19.8 Å². The molecule has 274 valence electrons. The van der Waals surface area contributed by atoms with Gasteiger partial charge in [-0.1, -0.05) is 59.8 Å². The van der Waals surface area contributed by atoms with Gasteiger partial charge in [-0.25, -0.2) is 9.59 Å². The van der Waals surface area contributed by atoms with E-state index in [1.165, 1.54) is 62.5 Å². The molecule has 6 fully saturated rings. The molecule has 6 aliphatic carbocycles. The summed E-state index contributed by atoms with van der Waals surface area (Å²) in [6.45, 7) is 17.3. The summed E-state index contributed by atoms with van der Waals surface area (Å²) in [5.74, 6) is 2.60. The summed E-state index contributed by atoms with van der Waals surface area (Å²) in [4.78, 5) is 27.7. The van der Waals surface area contributed by atoms with Gasteiger partial charge in [0.15, 0.2) is 0 Å². The zero-order chi connectivity index (χ0) is 35.5. The highest BCUT2D eigenvalue weighted by molar-refractivity contribution is 5.88. The number of piperidine rings is 1. The van der Waals surface area contributed by atoms with Crippen molar-refractivity contribution in [2.24, 2.45) is 62.6 Å². The lowest BCUT2D eigenvalue weighted by atomic mass is 9.32. The fourth-order valence-corrected chi connectivity index (χ4v) is 14.7. The number of nitrogens with zero attached hydrogens (tertiary/aromatic N) is 1. The Kier molecular flexibility index (Phi) is 8.04. The molecule has 1 aliphatic heterocycles. The van der Waals surface area contributed by atoms with Crippen LogP contribution in [0.5, 0.6) is 0 Å². The first-order valence-corrected chi connectivity index (χ1v) is 20.3. The average Bonchev–Trinajstić information content (AvgIpc) is 3.71. The van der Waals surface area contributed by atoms with E-state index in [0.717, 1.165) is 45.2 Å². The number of urea groups is 1. The Morgan fingerprint density at radius 2 is 1.48 bits per heavy atom. The van der Waals surface area contributed by atoms with Gasteiger partial charge in [-0.3, -0.25) is 0 Å². The number of rotatable bonds is 5. The summed E-state index contributed by atoms with van der Waals surface area (Å²) in [5, 5.41) is 23.0. The molecule has 1 saturated heterocycles. The van der Waals surface area contributed by atoms with Crippen LogP contribution in [-0.2, 0) is 0 Å². The van der Waals surface area contributed by atoms with Crippen molar-refractivity contribution in [1.29, 1.82) is 0 Å². The molecule has 6 heteroatoms. The predicted molar refractivity (Wildman–Crippen MR) is 198 cm³/mol. The second-order valence-corrected chi connectivity index (χ2v) is 20.1. The van der Waals surface area contributed by atoms with Gasteiger partial charge in [0.1, 0.15) is 0 Å². The summed E-state index contributed by atoms with van der Waals surface area (Å²) < 4.78 is 0. The van der Waals surface area contributed by atoms with Crippen molar-refractivity contribution in [2.45, 2.75) is 131 Å². The number of hydrogen-bond acceptors (Lipinski definition) is 3. The maximum absolute atomic E-state index is 14.1. The summed E-state index contributed by atoms with van der Waals surface area (Å²) >= 11 is 0. The van der Waals surface area contributed by atoms with Crippen molar-refractivity contribution >= 4 is 17.6 Å². The summed E-state index contributed by atoms with van der Waals surface area (Å²) in [6, 6.07) is 7.76. The highest BCUT2D eigenvalue weighted by atomic mass is 16.4. The molecule has 2 amide bonds. The van der Waals surface area contributed by atoms with Gasteiger partial charge < -0.3 is 20.4 Å². The fourth-order valence-electron chi connectivity index (χ4n) is 14.7. The molecule has 7 aliphatic rings. The zero-order valence-corrected chi connectivity index (χ0v) is 31.8. The summed E-state index contributed by atoms with van der Waals surface area (Å²) in [5.41, 5.74) is 4.00. The van der Waals surface area contributed by atoms with E-state index in [0.29, 0.717) is 46.5 Å². The number of carboxylic acid groups (broad SMARTS) is 1. The molecule has 50 heavy (non-hydrogen) atoms. The van der Waals surface area contributed by atoms with Crippen molar-refractivity contribution in [1.82, 2.24) is 10.2 Å². The van der Waals surface area contributed by atoms with E-state index < -0.39 is 5.97 Å². The Labute approximate surface area is 301 Å². The van der Waals surface area contributed by atoms with E-state index in [-0.39, 0.29) is 39.8 Å². The van der Waals surface area contributed by atoms with Crippen LogP contribution in [0.25, 0.3) is 5.57 Å². The largest absolute Gasteiger partial charge is 0.478 e. The number of hydrogen-bond donors (Lipinski definition) is 3. The third kappa shape index (κ3) is 4.88. The number of nitrogens with one attached hydrogen (secondary N) is 1. The highest BCUT2D eigenvalue weighted by Gasteiger charge is 2.72. The lowest BCUT2D eigenvalue weighted by Gasteiger charge is -2.72. The van der Waals surface area contributed by atoms with Crippen LogP contribution < -0.4 is 5.32 Å². The van der Waals surface area contributed by atoms with Crippen molar-refractivity contribution in [3.05, 3.63) is 41.5 Å². The number of amides is 2. The van der Waals surface area contributed by atoms with Crippen LogP contribution in [0.15, 0.2) is 30.3 Å². The zero-order valence-electron chi connectivity index (χ0n) is 31.8.